The van der Waals surface area contributed by atoms with Crippen LogP contribution in [0.1, 0.15) is 31.2 Å². The van der Waals surface area contributed by atoms with Crippen molar-refractivity contribution in [1.82, 2.24) is 4.98 Å². The molecule has 0 aromatic carbocycles. The zero-order valence-electron chi connectivity index (χ0n) is 10.5. The molecule has 1 aliphatic carbocycles. The number of hydrogen-bond acceptors (Lipinski definition) is 3. The number of hydrogen-bond donors (Lipinski definition) is 2. The van der Waals surface area contributed by atoms with Crippen molar-refractivity contribution in [3.63, 3.8) is 0 Å². The van der Waals surface area contributed by atoms with Gasteiger partial charge in [0.1, 0.15) is 0 Å². The Balaban J connectivity index is 2.03. The molecule has 98 valence electrons. The maximum atomic E-state index is 12.0. The van der Waals surface area contributed by atoms with Crippen LogP contribution in [0.4, 0.5) is 5.69 Å². The molecule has 0 radical (unpaired) electrons. The van der Waals surface area contributed by atoms with Gasteiger partial charge in [-0.1, -0.05) is 18.0 Å². The highest BCUT2D eigenvalue weighted by Crippen LogP contribution is 2.43. The Morgan fingerprint density at radius 2 is 2.33 bits per heavy atom. The van der Waals surface area contributed by atoms with Gasteiger partial charge in [0.25, 0.3) is 0 Å². The van der Waals surface area contributed by atoms with Crippen LogP contribution in [-0.2, 0) is 4.79 Å². The summed E-state index contributed by atoms with van der Waals surface area (Å²) in [4.78, 5) is 16.0. The molecule has 0 unspecified atom stereocenters. The van der Waals surface area contributed by atoms with E-state index in [1.54, 1.807) is 6.20 Å². The smallest absolute Gasteiger partial charge is 0.225 e. The number of nitrogens with zero attached hydrogens (tertiary/aromatic N) is 1. The number of nitrogens with two attached hydrogens (primary N) is 1. The van der Waals surface area contributed by atoms with Gasteiger partial charge < -0.3 is 11.1 Å². The molecule has 1 aromatic heterocycles. The van der Waals surface area contributed by atoms with E-state index in [1.807, 2.05) is 13.0 Å². The molecule has 0 saturated heterocycles. The van der Waals surface area contributed by atoms with Gasteiger partial charge >= 0.3 is 0 Å². The molecule has 5 heteroatoms. The molecule has 0 atom stereocenters. The number of carbonyl (C=O) groups is 1. The number of carbonyl (C=O) groups excluding carboxylic acids is 1. The first-order valence-corrected chi connectivity index (χ1v) is 6.55. The maximum absolute atomic E-state index is 12.0. The number of halogens is 1. The summed E-state index contributed by atoms with van der Waals surface area (Å²) in [5.41, 5.74) is 7.28. The highest BCUT2D eigenvalue weighted by atomic mass is 35.5. The second-order valence-corrected chi connectivity index (χ2v) is 5.43. The summed E-state index contributed by atoms with van der Waals surface area (Å²) >= 11 is 5.98. The molecular formula is C13H18ClN3O. The van der Waals surface area contributed by atoms with E-state index in [1.165, 1.54) is 0 Å². The maximum Gasteiger partial charge on any atom is 0.225 e. The minimum Gasteiger partial charge on any atom is -0.330 e. The van der Waals surface area contributed by atoms with Crippen molar-refractivity contribution in [3.8, 4) is 0 Å². The highest BCUT2D eigenvalue weighted by Gasteiger charge is 2.37. The third-order valence-electron chi connectivity index (χ3n) is 3.76. The number of anilines is 1. The fourth-order valence-corrected chi connectivity index (χ4v) is 2.58. The second-order valence-electron chi connectivity index (χ2n) is 5.08. The van der Waals surface area contributed by atoms with Crippen molar-refractivity contribution in [2.75, 3.05) is 11.9 Å². The number of pyridine rings is 1. The topological polar surface area (TPSA) is 68.0 Å². The van der Waals surface area contributed by atoms with Gasteiger partial charge in [-0.15, -0.1) is 0 Å². The van der Waals surface area contributed by atoms with Crippen molar-refractivity contribution in [2.45, 2.75) is 32.6 Å². The lowest BCUT2D eigenvalue weighted by atomic mass is 9.66. The fraction of sp³-hybridized carbons (Fsp3) is 0.538. The van der Waals surface area contributed by atoms with E-state index >= 15 is 0 Å². The first-order valence-electron chi connectivity index (χ1n) is 6.17. The molecule has 0 bridgehead atoms. The molecular weight excluding hydrogens is 250 g/mol. The van der Waals surface area contributed by atoms with Crippen LogP contribution in [0, 0.1) is 12.3 Å². The summed E-state index contributed by atoms with van der Waals surface area (Å²) < 4.78 is 0. The van der Waals surface area contributed by atoms with E-state index in [0.717, 1.165) is 24.8 Å². The van der Waals surface area contributed by atoms with Crippen LogP contribution < -0.4 is 11.1 Å². The van der Waals surface area contributed by atoms with Gasteiger partial charge in [0.2, 0.25) is 5.91 Å². The predicted octanol–water partition coefficient (Wildman–Crippen LogP) is 2.50. The van der Waals surface area contributed by atoms with Gasteiger partial charge in [-0.2, -0.15) is 0 Å². The molecule has 1 saturated carbocycles. The summed E-state index contributed by atoms with van der Waals surface area (Å²) in [5.74, 6) is -0.0295. The van der Waals surface area contributed by atoms with Crippen LogP contribution in [0.15, 0.2) is 12.3 Å². The first-order chi connectivity index (χ1) is 8.56. The van der Waals surface area contributed by atoms with Crippen molar-refractivity contribution < 1.29 is 4.79 Å². The number of amides is 1. The molecule has 4 nitrogen and oxygen atoms in total. The van der Waals surface area contributed by atoms with Crippen LogP contribution in [-0.4, -0.2) is 17.4 Å². The minimum atomic E-state index is -0.0295. The number of aromatic nitrogens is 1. The molecule has 1 heterocycles. The molecule has 0 aliphatic heterocycles. The van der Waals surface area contributed by atoms with Crippen LogP contribution in [0.25, 0.3) is 0 Å². The third-order valence-corrected chi connectivity index (χ3v) is 4.05. The average molecular weight is 268 g/mol. The van der Waals surface area contributed by atoms with E-state index in [2.05, 4.69) is 10.3 Å². The largest absolute Gasteiger partial charge is 0.330 e. The summed E-state index contributed by atoms with van der Waals surface area (Å²) in [7, 11) is 0. The first kappa shape index (κ1) is 13.3. The van der Waals surface area contributed by atoms with Crippen LogP contribution in [0.3, 0.4) is 0 Å². The normalized spacial score (nSPS) is 17.1. The van der Waals surface area contributed by atoms with Crippen molar-refractivity contribution >= 4 is 23.2 Å². The predicted molar refractivity (Wildman–Crippen MR) is 72.6 cm³/mol. The van der Waals surface area contributed by atoms with Crippen LogP contribution in [0.2, 0.25) is 5.15 Å². The Morgan fingerprint density at radius 1 is 1.61 bits per heavy atom. The Kier molecular flexibility index (Phi) is 3.88. The monoisotopic (exact) mass is 267 g/mol. The van der Waals surface area contributed by atoms with Crippen molar-refractivity contribution in [3.05, 3.63) is 23.0 Å². The second kappa shape index (κ2) is 5.24. The lowest BCUT2D eigenvalue weighted by Crippen LogP contribution is -2.40. The molecule has 1 fully saturated rings. The van der Waals surface area contributed by atoms with Crippen LogP contribution in [0.5, 0.6) is 0 Å². The molecule has 3 N–H and O–H groups in total. The van der Waals surface area contributed by atoms with Gasteiger partial charge in [0.15, 0.2) is 5.15 Å². The molecule has 18 heavy (non-hydrogen) atoms. The number of nitrogens with one attached hydrogen (secondary N) is 1. The van der Waals surface area contributed by atoms with Gasteiger partial charge in [0, 0.05) is 12.6 Å². The Labute approximate surface area is 112 Å². The van der Waals surface area contributed by atoms with E-state index in [4.69, 9.17) is 17.3 Å². The van der Waals surface area contributed by atoms with Gasteiger partial charge in [-0.25, -0.2) is 4.98 Å². The minimum absolute atomic E-state index is 0.00662. The Morgan fingerprint density at radius 3 is 2.83 bits per heavy atom. The zero-order valence-corrected chi connectivity index (χ0v) is 11.3. The van der Waals surface area contributed by atoms with Gasteiger partial charge in [-0.3, -0.25) is 4.79 Å². The van der Waals surface area contributed by atoms with Gasteiger partial charge in [0.05, 0.1) is 5.69 Å². The molecule has 2 rings (SSSR count). The fourth-order valence-electron chi connectivity index (χ4n) is 2.33. The Bertz CT molecular complexity index is 432. The van der Waals surface area contributed by atoms with Crippen molar-refractivity contribution in [2.24, 2.45) is 11.1 Å². The summed E-state index contributed by atoms with van der Waals surface area (Å²) in [6.07, 6.45) is 5.33. The Hall–Kier alpha value is -1.13. The lowest BCUT2D eigenvalue weighted by molar-refractivity contribution is -0.119. The summed E-state index contributed by atoms with van der Waals surface area (Å²) in [6.45, 7) is 2.46. The van der Waals surface area contributed by atoms with Gasteiger partial charge in [-0.05, 0) is 43.4 Å². The van der Waals surface area contributed by atoms with E-state index in [-0.39, 0.29) is 11.3 Å². The third kappa shape index (κ3) is 2.65. The number of rotatable bonds is 4. The SMILES string of the molecule is Cc1ccnc(Cl)c1NC(=O)CC1(CN)CCC1. The highest BCUT2D eigenvalue weighted by molar-refractivity contribution is 6.32. The average Bonchev–Trinajstić information content (AvgIpc) is 2.29. The van der Waals surface area contributed by atoms with E-state index < -0.39 is 0 Å². The zero-order chi connectivity index (χ0) is 13.2. The molecule has 0 spiro atoms. The quantitative estimate of drug-likeness (QED) is 0.824. The number of aryl methyl sites for hydroxylation is 1. The van der Waals surface area contributed by atoms with Crippen molar-refractivity contribution in [1.29, 1.82) is 0 Å². The van der Waals surface area contributed by atoms with E-state index in [0.29, 0.717) is 23.8 Å². The summed E-state index contributed by atoms with van der Waals surface area (Å²) in [5, 5.41) is 3.18. The molecule has 1 amide bonds. The standard InChI is InChI=1S/C13H18ClN3O/c1-9-3-6-16-12(14)11(9)17-10(18)7-13(8-15)4-2-5-13/h3,6H,2,4-5,7-8,15H2,1H3,(H,17,18). The van der Waals surface area contributed by atoms with Crippen LogP contribution >= 0.6 is 11.6 Å². The molecule has 1 aliphatic rings. The summed E-state index contributed by atoms with van der Waals surface area (Å²) in [6, 6.07) is 1.82. The van der Waals surface area contributed by atoms with E-state index in [9.17, 15) is 4.79 Å². The molecule has 1 aromatic rings. The lowest BCUT2D eigenvalue weighted by Gasteiger charge is -2.40.